The molecule has 1 unspecified atom stereocenters. The van der Waals surface area contributed by atoms with E-state index in [1.807, 2.05) is 11.8 Å². The van der Waals surface area contributed by atoms with Gasteiger partial charge in [0.05, 0.1) is 15.9 Å². The van der Waals surface area contributed by atoms with Crippen molar-refractivity contribution < 1.29 is 13.3 Å². The van der Waals surface area contributed by atoms with E-state index in [1.54, 1.807) is 6.07 Å². The first-order chi connectivity index (χ1) is 14.7. The smallest absolute Gasteiger partial charge is 0.293 e. The van der Waals surface area contributed by atoms with Crippen molar-refractivity contribution in [2.75, 3.05) is 24.5 Å². The lowest BCUT2D eigenvalue weighted by Gasteiger charge is -2.35. The Morgan fingerprint density at radius 2 is 1.81 bits per heavy atom. The van der Waals surface area contributed by atoms with E-state index < -0.39 is 14.9 Å². The number of nitrogens with zero attached hydrogens (tertiary/aromatic N) is 6. The number of hydrogen-bond acceptors (Lipinski definition) is 7. The molecule has 1 aromatic carbocycles. The van der Waals surface area contributed by atoms with Crippen LogP contribution in [0.2, 0.25) is 0 Å². The molecule has 4 rings (SSSR count). The molecule has 0 amide bonds. The predicted molar refractivity (Wildman–Crippen MR) is 116 cm³/mol. The van der Waals surface area contributed by atoms with E-state index in [4.69, 9.17) is 0 Å². The number of nitro benzene ring substituents is 1. The molecule has 2 aromatic rings. The van der Waals surface area contributed by atoms with Crippen LogP contribution in [0.1, 0.15) is 63.6 Å². The number of anilines is 1. The SMILES string of the molecule is CC(C)c1nnc2n1CCN(c1ccc(S(=O)(=O)N3CCCCC3)cc1[N+](=O)[O-])C2C. The molecule has 0 N–H and O–H groups in total. The standard InChI is InChI=1S/C20H28N6O4S/c1-14(2)19-21-22-20-15(3)24(11-12-25(19)20)17-8-7-16(13-18(17)26(27)28)31(29,30)23-9-5-4-6-10-23/h7-8,13-15H,4-6,9-12H2,1-3H3. The molecule has 1 saturated heterocycles. The van der Waals surface area contributed by atoms with Gasteiger partial charge < -0.3 is 9.47 Å². The number of aromatic nitrogens is 3. The number of sulfonamides is 1. The Hall–Kier alpha value is -2.53. The Morgan fingerprint density at radius 3 is 2.45 bits per heavy atom. The molecular weight excluding hydrogens is 420 g/mol. The first-order valence-electron chi connectivity index (χ1n) is 10.7. The summed E-state index contributed by atoms with van der Waals surface area (Å²) in [4.78, 5) is 13.3. The summed E-state index contributed by atoms with van der Waals surface area (Å²) in [6.07, 6.45) is 2.62. The Bertz CT molecular complexity index is 1090. The molecule has 2 aliphatic rings. The highest BCUT2D eigenvalue weighted by molar-refractivity contribution is 7.89. The fourth-order valence-electron chi connectivity index (χ4n) is 4.47. The van der Waals surface area contributed by atoms with Crippen LogP contribution in [0.3, 0.4) is 0 Å². The molecule has 168 valence electrons. The van der Waals surface area contributed by atoms with Gasteiger partial charge in [0.25, 0.3) is 5.69 Å². The second-order valence-corrected chi connectivity index (χ2v) is 10.4. The zero-order valence-electron chi connectivity index (χ0n) is 18.1. The third-order valence-electron chi connectivity index (χ3n) is 6.14. The average Bonchev–Trinajstić information content (AvgIpc) is 3.19. The van der Waals surface area contributed by atoms with Gasteiger partial charge in [0.2, 0.25) is 10.0 Å². The van der Waals surface area contributed by atoms with E-state index in [2.05, 4.69) is 28.6 Å². The topological polar surface area (TPSA) is 114 Å². The van der Waals surface area contributed by atoms with Crippen molar-refractivity contribution in [1.82, 2.24) is 19.1 Å². The predicted octanol–water partition coefficient (Wildman–Crippen LogP) is 3.07. The Labute approximate surface area is 182 Å². The molecule has 2 aliphatic heterocycles. The van der Waals surface area contributed by atoms with Crippen LogP contribution in [0, 0.1) is 10.1 Å². The zero-order valence-corrected chi connectivity index (χ0v) is 18.9. The van der Waals surface area contributed by atoms with E-state index in [1.165, 1.54) is 16.4 Å². The lowest BCUT2D eigenvalue weighted by molar-refractivity contribution is -0.384. The van der Waals surface area contributed by atoms with E-state index in [-0.39, 0.29) is 22.5 Å². The third-order valence-corrected chi connectivity index (χ3v) is 8.03. The Morgan fingerprint density at radius 1 is 1.10 bits per heavy atom. The molecule has 11 heteroatoms. The largest absolute Gasteiger partial charge is 0.354 e. The number of piperidine rings is 1. The van der Waals surface area contributed by atoms with E-state index in [9.17, 15) is 18.5 Å². The summed E-state index contributed by atoms with van der Waals surface area (Å²) in [5.41, 5.74) is 0.192. The van der Waals surface area contributed by atoms with Crippen LogP contribution in [0.5, 0.6) is 0 Å². The van der Waals surface area contributed by atoms with Crippen molar-refractivity contribution in [2.45, 2.75) is 63.4 Å². The lowest BCUT2D eigenvalue weighted by atomic mass is 10.1. The average molecular weight is 449 g/mol. The van der Waals surface area contributed by atoms with Gasteiger partial charge in [0.1, 0.15) is 11.5 Å². The molecule has 1 aromatic heterocycles. The van der Waals surface area contributed by atoms with Crippen LogP contribution in [-0.4, -0.2) is 52.0 Å². The molecule has 3 heterocycles. The van der Waals surface area contributed by atoms with E-state index in [0.29, 0.717) is 31.9 Å². The number of nitro groups is 1. The van der Waals surface area contributed by atoms with Crippen LogP contribution in [0.15, 0.2) is 23.1 Å². The summed E-state index contributed by atoms with van der Waals surface area (Å²) < 4.78 is 29.5. The maximum Gasteiger partial charge on any atom is 0.293 e. The summed E-state index contributed by atoms with van der Waals surface area (Å²) in [5, 5.41) is 20.5. The number of rotatable bonds is 5. The molecule has 1 atom stereocenters. The van der Waals surface area contributed by atoms with Gasteiger partial charge in [-0.2, -0.15) is 4.31 Å². The zero-order chi connectivity index (χ0) is 22.3. The molecule has 0 bridgehead atoms. The van der Waals surface area contributed by atoms with E-state index >= 15 is 0 Å². The van der Waals surface area contributed by atoms with Crippen molar-refractivity contribution in [3.63, 3.8) is 0 Å². The maximum absolute atomic E-state index is 13.0. The Balaban J connectivity index is 1.70. The van der Waals surface area contributed by atoms with Gasteiger partial charge in [-0.15, -0.1) is 10.2 Å². The van der Waals surface area contributed by atoms with Crippen LogP contribution < -0.4 is 4.90 Å². The molecule has 31 heavy (non-hydrogen) atoms. The molecular formula is C20H28N6O4S. The molecule has 0 spiro atoms. The highest BCUT2D eigenvalue weighted by Gasteiger charge is 2.34. The third kappa shape index (κ3) is 3.80. The molecule has 1 fully saturated rings. The summed E-state index contributed by atoms with van der Waals surface area (Å²) >= 11 is 0. The van der Waals surface area contributed by atoms with Crippen LogP contribution in [0.4, 0.5) is 11.4 Å². The van der Waals surface area contributed by atoms with Crippen LogP contribution >= 0.6 is 0 Å². The summed E-state index contributed by atoms with van der Waals surface area (Å²) in [6.45, 7) is 8.12. The second-order valence-electron chi connectivity index (χ2n) is 8.46. The van der Waals surface area contributed by atoms with Gasteiger partial charge in [-0.1, -0.05) is 20.3 Å². The van der Waals surface area contributed by atoms with Gasteiger partial charge >= 0.3 is 0 Å². The van der Waals surface area contributed by atoms with Gasteiger partial charge in [0, 0.05) is 38.2 Å². The summed E-state index contributed by atoms with van der Waals surface area (Å²) in [7, 11) is -3.75. The maximum atomic E-state index is 13.0. The minimum atomic E-state index is -3.75. The van der Waals surface area contributed by atoms with Gasteiger partial charge in [0.15, 0.2) is 5.82 Å². The highest BCUT2D eigenvalue weighted by Crippen LogP contribution is 2.38. The normalized spacial score (nSPS) is 20.1. The van der Waals surface area contributed by atoms with Crippen LogP contribution in [0.25, 0.3) is 0 Å². The summed E-state index contributed by atoms with van der Waals surface area (Å²) in [5.74, 6) is 1.89. The highest BCUT2D eigenvalue weighted by atomic mass is 32.2. The molecule has 0 saturated carbocycles. The van der Waals surface area contributed by atoms with Crippen molar-refractivity contribution >= 4 is 21.4 Å². The van der Waals surface area contributed by atoms with Crippen molar-refractivity contribution in [1.29, 1.82) is 0 Å². The second kappa shape index (κ2) is 8.19. The van der Waals surface area contributed by atoms with Gasteiger partial charge in [-0.05, 0) is 31.9 Å². The van der Waals surface area contributed by atoms with E-state index in [0.717, 1.165) is 30.9 Å². The Kier molecular flexibility index (Phi) is 5.73. The van der Waals surface area contributed by atoms with Gasteiger partial charge in [-0.3, -0.25) is 10.1 Å². The lowest BCUT2D eigenvalue weighted by Crippen LogP contribution is -2.38. The molecule has 10 nitrogen and oxygen atoms in total. The molecule has 0 aliphatic carbocycles. The fourth-order valence-corrected chi connectivity index (χ4v) is 6.01. The van der Waals surface area contributed by atoms with Crippen molar-refractivity contribution in [3.8, 4) is 0 Å². The van der Waals surface area contributed by atoms with Crippen molar-refractivity contribution in [2.24, 2.45) is 0 Å². The minimum Gasteiger partial charge on any atom is -0.354 e. The van der Waals surface area contributed by atoms with Crippen molar-refractivity contribution in [3.05, 3.63) is 40.0 Å². The number of hydrogen-bond donors (Lipinski definition) is 0. The summed E-state index contributed by atoms with van der Waals surface area (Å²) in [6, 6.07) is 4.01. The first kappa shape index (κ1) is 21.7. The quantitative estimate of drug-likeness (QED) is 0.510. The van der Waals surface area contributed by atoms with Gasteiger partial charge in [-0.25, -0.2) is 8.42 Å². The van der Waals surface area contributed by atoms with Crippen LogP contribution in [-0.2, 0) is 16.6 Å². The molecule has 0 radical (unpaired) electrons. The number of benzene rings is 1. The monoisotopic (exact) mass is 448 g/mol. The minimum absolute atomic E-state index is 0.0280. The number of fused-ring (bicyclic) bond motifs is 1. The first-order valence-corrected chi connectivity index (χ1v) is 12.1. The fraction of sp³-hybridized carbons (Fsp3) is 0.600.